The second-order valence-corrected chi connectivity index (χ2v) is 7.73. The molecule has 0 saturated heterocycles. The van der Waals surface area contributed by atoms with Gasteiger partial charge in [-0.2, -0.15) is 0 Å². The van der Waals surface area contributed by atoms with E-state index in [1.54, 1.807) is 36.1 Å². The molecule has 5 nitrogen and oxygen atoms in total. The van der Waals surface area contributed by atoms with Crippen molar-refractivity contribution in [1.29, 1.82) is 0 Å². The van der Waals surface area contributed by atoms with Crippen molar-refractivity contribution in [1.82, 2.24) is 0 Å². The lowest BCUT2D eigenvalue weighted by Crippen LogP contribution is -2.44. The van der Waals surface area contributed by atoms with Crippen LogP contribution in [0.3, 0.4) is 0 Å². The van der Waals surface area contributed by atoms with E-state index in [0.29, 0.717) is 28.5 Å². The molecule has 6 heteroatoms. The molecule has 142 valence electrons. The summed E-state index contributed by atoms with van der Waals surface area (Å²) in [5, 5.41) is 4.75. The van der Waals surface area contributed by atoms with Gasteiger partial charge in [0.15, 0.2) is 6.10 Å². The minimum absolute atomic E-state index is 0.102. The predicted molar refractivity (Wildman–Crippen MR) is 111 cm³/mol. The summed E-state index contributed by atoms with van der Waals surface area (Å²) in [4.78, 5) is 27.5. The van der Waals surface area contributed by atoms with Crippen molar-refractivity contribution in [3.63, 3.8) is 0 Å². The number of nitrogens with zero attached hydrogens (tertiary/aromatic N) is 1. The summed E-state index contributed by atoms with van der Waals surface area (Å²) >= 11 is 1.38. The summed E-state index contributed by atoms with van der Waals surface area (Å²) in [6.07, 6.45) is -0.551. The van der Waals surface area contributed by atoms with Crippen LogP contribution in [0.5, 0.6) is 5.75 Å². The van der Waals surface area contributed by atoms with Crippen molar-refractivity contribution >= 4 is 34.5 Å². The largest absolute Gasteiger partial charge is 0.479 e. The summed E-state index contributed by atoms with van der Waals surface area (Å²) in [5.41, 5.74) is 3.49. The molecule has 0 saturated carbocycles. The van der Waals surface area contributed by atoms with Crippen LogP contribution < -0.4 is 15.0 Å². The van der Waals surface area contributed by atoms with Crippen LogP contribution in [-0.4, -0.2) is 17.9 Å². The first-order valence-corrected chi connectivity index (χ1v) is 9.92. The number of hydrogen-bond acceptors (Lipinski definition) is 4. The Morgan fingerprint density at radius 1 is 1.18 bits per heavy atom. The standard InChI is InChI=1S/C22H20N2O3S/c1-14-5-7-16(8-6-14)13-24-18-12-17(23-21(25)20-4-3-11-28-20)9-10-19(18)27-15(2)22(24)26/h3-12,15H,13H2,1-2H3,(H,23,25). The third-order valence-electron chi connectivity index (χ3n) is 4.63. The summed E-state index contributed by atoms with van der Waals surface area (Å²) in [6.45, 7) is 4.23. The van der Waals surface area contributed by atoms with E-state index in [4.69, 9.17) is 4.74 Å². The minimum atomic E-state index is -0.551. The fraction of sp³-hybridized carbons (Fsp3) is 0.182. The summed E-state index contributed by atoms with van der Waals surface area (Å²) in [5.74, 6) is 0.361. The Kier molecular flexibility index (Phi) is 4.88. The number of anilines is 2. The molecule has 1 unspecified atom stereocenters. The lowest BCUT2D eigenvalue weighted by molar-refractivity contribution is -0.125. The summed E-state index contributed by atoms with van der Waals surface area (Å²) in [6, 6.07) is 17.1. The smallest absolute Gasteiger partial charge is 0.268 e. The summed E-state index contributed by atoms with van der Waals surface area (Å²) in [7, 11) is 0. The first-order valence-electron chi connectivity index (χ1n) is 9.04. The van der Waals surface area contributed by atoms with Gasteiger partial charge in [0.2, 0.25) is 0 Å². The van der Waals surface area contributed by atoms with Crippen LogP contribution >= 0.6 is 11.3 Å². The number of ether oxygens (including phenoxy) is 1. The van der Waals surface area contributed by atoms with E-state index in [0.717, 1.165) is 5.56 Å². The van der Waals surface area contributed by atoms with Crippen LogP contribution in [0.4, 0.5) is 11.4 Å². The predicted octanol–water partition coefficient (Wildman–Crippen LogP) is 4.62. The topological polar surface area (TPSA) is 58.6 Å². The molecule has 0 radical (unpaired) electrons. The van der Waals surface area contributed by atoms with Gasteiger partial charge < -0.3 is 15.0 Å². The number of carbonyl (C=O) groups is 2. The molecule has 0 spiro atoms. The minimum Gasteiger partial charge on any atom is -0.479 e. The Labute approximate surface area is 167 Å². The fourth-order valence-electron chi connectivity index (χ4n) is 3.12. The fourth-order valence-corrected chi connectivity index (χ4v) is 3.74. The third kappa shape index (κ3) is 3.64. The van der Waals surface area contributed by atoms with Crippen molar-refractivity contribution in [2.45, 2.75) is 26.5 Å². The number of amides is 2. The Morgan fingerprint density at radius 3 is 2.68 bits per heavy atom. The second kappa shape index (κ2) is 7.48. The maximum Gasteiger partial charge on any atom is 0.268 e. The monoisotopic (exact) mass is 392 g/mol. The Balaban J connectivity index is 1.64. The molecule has 2 heterocycles. The molecule has 1 aromatic heterocycles. The zero-order valence-corrected chi connectivity index (χ0v) is 16.5. The van der Waals surface area contributed by atoms with Gasteiger partial charge in [0.1, 0.15) is 5.75 Å². The van der Waals surface area contributed by atoms with E-state index in [9.17, 15) is 9.59 Å². The van der Waals surface area contributed by atoms with Crippen LogP contribution in [0, 0.1) is 6.92 Å². The van der Waals surface area contributed by atoms with Crippen LogP contribution in [0.2, 0.25) is 0 Å². The van der Waals surface area contributed by atoms with Gasteiger partial charge >= 0.3 is 0 Å². The zero-order valence-electron chi connectivity index (χ0n) is 15.6. The Bertz CT molecular complexity index is 1010. The Morgan fingerprint density at radius 2 is 1.96 bits per heavy atom. The van der Waals surface area contributed by atoms with E-state index in [1.165, 1.54) is 16.9 Å². The van der Waals surface area contributed by atoms with Gasteiger partial charge in [0.25, 0.3) is 11.8 Å². The molecule has 2 amide bonds. The van der Waals surface area contributed by atoms with E-state index in [1.807, 2.05) is 42.6 Å². The highest BCUT2D eigenvalue weighted by Crippen LogP contribution is 2.37. The maximum atomic E-state index is 12.8. The number of carbonyl (C=O) groups excluding carboxylic acids is 2. The highest BCUT2D eigenvalue weighted by Gasteiger charge is 2.31. The normalized spacial score (nSPS) is 15.7. The van der Waals surface area contributed by atoms with Crippen molar-refractivity contribution in [2.75, 3.05) is 10.2 Å². The first-order chi connectivity index (χ1) is 13.5. The van der Waals surface area contributed by atoms with Gasteiger partial charge in [0, 0.05) is 5.69 Å². The average molecular weight is 392 g/mol. The number of benzene rings is 2. The number of nitrogens with one attached hydrogen (secondary N) is 1. The molecule has 1 aliphatic rings. The van der Waals surface area contributed by atoms with Gasteiger partial charge in [-0.15, -0.1) is 11.3 Å². The SMILES string of the molecule is Cc1ccc(CN2C(=O)C(C)Oc3ccc(NC(=O)c4cccs4)cc32)cc1. The van der Waals surface area contributed by atoms with Gasteiger partial charge in [-0.05, 0) is 49.1 Å². The van der Waals surface area contributed by atoms with E-state index >= 15 is 0 Å². The highest BCUT2D eigenvalue weighted by molar-refractivity contribution is 7.12. The summed E-state index contributed by atoms with van der Waals surface area (Å²) < 4.78 is 5.76. The number of aryl methyl sites for hydroxylation is 1. The van der Waals surface area contributed by atoms with E-state index in [-0.39, 0.29) is 11.8 Å². The van der Waals surface area contributed by atoms with Crippen molar-refractivity contribution in [3.05, 3.63) is 76.0 Å². The van der Waals surface area contributed by atoms with Crippen LogP contribution in [-0.2, 0) is 11.3 Å². The molecule has 0 aliphatic carbocycles. The number of rotatable bonds is 4. The molecule has 0 bridgehead atoms. The average Bonchev–Trinajstić information content (AvgIpc) is 3.22. The van der Waals surface area contributed by atoms with Crippen LogP contribution in [0.1, 0.15) is 27.7 Å². The lowest BCUT2D eigenvalue weighted by Gasteiger charge is -2.33. The van der Waals surface area contributed by atoms with Crippen LogP contribution in [0.15, 0.2) is 60.0 Å². The lowest BCUT2D eigenvalue weighted by atomic mass is 10.1. The third-order valence-corrected chi connectivity index (χ3v) is 5.50. The molecule has 1 atom stereocenters. The van der Waals surface area contributed by atoms with Crippen molar-refractivity contribution in [2.24, 2.45) is 0 Å². The molecule has 3 aromatic rings. The first kappa shape index (κ1) is 18.3. The Hall–Kier alpha value is -3.12. The van der Waals surface area contributed by atoms with Crippen molar-refractivity contribution in [3.8, 4) is 5.75 Å². The molecule has 2 aromatic carbocycles. The maximum absolute atomic E-state index is 12.8. The molecule has 0 fully saturated rings. The van der Waals surface area contributed by atoms with Gasteiger partial charge in [-0.25, -0.2) is 0 Å². The van der Waals surface area contributed by atoms with E-state index in [2.05, 4.69) is 5.32 Å². The van der Waals surface area contributed by atoms with Crippen molar-refractivity contribution < 1.29 is 14.3 Å². The molecule has 4 rings (SSSR count). The van der Waals surface area contributed by atoms with Crippen LogP contribution in [0.25, 0.3) is 0 Å². The van der Waals surface area contributed by atoms with Gasteiger partial charge in [-0.1, -0.05) is 35.9 Å². The van der Waals surface area contributed by atoms with Gasteiger partial charge in [-0.3, -0.25) is 9.59 Å². The molecule has 1 N–H and O–H groups in total. The molecular formula is C22H20N2O3S. The quantitative estimate of drug-likeness (QED) is 0.705. The molecular weight excluding hydrogens is 372 g/mol. The molecule has 28 heavy (non-hydrogen) atoms. The highest BCUT2D eigenvalue weighted by atomic mass is 32.1. The van der Waals surface area contributed by atoms with Gasteiger partial charge in [0.05, 0.1) is 17.1 Å². The zero-order chi connectivity index (χ0) is 19.7. The number of thiophene rings is 1. The molecule has 1 aliphatic heterocycles. The second-order valence-electron chi connectivity index (χ2n) is 6.78. The van der Waals surface area contributed by atoms with E-state index < -0.39 is 6.10 Å². The number of hydrogen-bond donors (Lipinski definition) is 1. The number of fused-ring (bicyclic) bond motifs is 1.